The van der Waals surface area contributed by atoms with Gasteiger partial charge in [-0.2, -0.15) is 0 Å². The van der Waals surface area contributed by atoms with Crippen molar-refractivity contribution in [2.45, 2.75) is 47.8 Å². The summed E-state index contributed by atoms with van der Waals surface area (Å²) >= 11 is 0. The van der Waals surface area contributed by atoms with Crippen molar-refractivity contribution in [1.29, 1.82) is 0 Å². The molecule has 0 heterocycles. The smallest absolute Gasteiger partial charge is 0.0745 e. The molecule has 0 fully saturated rings. The van der Waals surface area contributed by atoms with Crippen molar-refractivity contribution >= 4 is 45.5 Å². The Balaban J connectivity index is 0.000000103. The second-order valence-electron chi connectivity index (χ2n) is 42.1. The molecule has 0 radical (unpaired) electrons. The van der Waals surface area contributed by atoms with E-state index >= 15 is 0 Å². The van der Waals surface area contributed by atoms with Gasteiger partial charge in [0.25, 0.3) is 0 Å². The largest absolute Gasteiger partial charge is 0.378 e. The third-order valence-corrected chi connectivity index (χ3v) is 33.1. The molecule has 720 valence electrons. The van der Waals surface area contributed by atoms with E-state index in [0.29, 0.717) is 0 Å². The number of rotatable bonds is 16. The van der Waals surface area contributed by atoms with Crippen LogP contribution in [0, 0.1) is 0 Å². The van der Waals surface area contributed by atoms with Crippen LogP contribution in [0.15, 0.2) is 461 Å². The Hall–Kier alpha value is -17.0. The summed E-state index contributed by atoms with van der Waals surface area (Å²) in [5.74, 6) is 0. The summed E-state index contributed by atoms with van der Waals surface area (Å²) in [4.78, 5) is 18.1. The fourth-order valence-corrected chi connectivity index (χ4v) is 26.7. The topological polar surface area (TPSA) is 25.9 Å². The minimum atomic E-state index is -0.321. The molecule has 0 bridgehead atoms. The second-order valence-corrected chi connectivity index (χ2v) is 42.1. The van der Waals surface area contributed by atoms with Crippen LogP contribution >= 0.6 is 0 Å². The first-order valence-corrected chi connectivity index (χ1v) is 52.0. The van der Waals surface area contributed by atoms with Crippen LogP contribution in [-0.2, 0) is 47.8 Å². The molecule has 8 heteroatoms. The average molecular weight is 1910 g/mol. The van der Waals surface area contributed by atoms with E-state index in [0.717, 1.165) is 26.2 Å². The Kier molecular flexibility index (Phi) is 22.8. The molecule has 0 unspecified atom stereocenters. The number of hydrogen-bond acceptors (Lipinski definition) is 8. The quantitative estimate of drug-likeness (QED) is 0.0944. The van der Waals surface area contributed by atoms with Gasteiger partial charge in [0.15, 0.2) is 0 Å². The van der Waals surface area contributed by atoms with E-state index in [1.54, 1.807) is 0 Å². The molecule has 148 heavy (non-hydrogen) atoms. The molecule has 20 aromatic rings. The van der Waals surface area contributed by atoms with Crippen molar-refractivity contribution in [2.24, 2.45) is 0 Å². The van der Waals surface area contributed by atoms with Crippen LogP contribution < -0.4 is 34.3 Å². The molecule has 20 aromatic carbocycles. The maximum absolute atomic E-state index is 2.45. The maximum atomic E-state index is 2.45. The predicted octanol–water partition coefficient (Wildman–Crippen LogP) is 31.1. The summed E-state index contributed by atoms with van der Waals surface area (Å²) in [6, 6.07) is 171. The minimum absolute atomic E-state index is 0.258. The van der Waals surface area contributed by atoms with Gasteiger partial charge in [0.1, 0.15) is 0 Å². The first kappa shape index (κ1) is 92.1. The molecular weight excluding hydrogens is 1790 g/mol. The van der Waals surface area contributed by atoms with Crippen molar-refractivity contribution in [3.8, 4) is 89.0 Å². The number of anilines is 8. The Morgan fingerprint density at radius 3 is 0.743 bits per heavy atom. The van der Waals surface area contributed by atoms with E-state index < -0.39 is 0 Å². The van der Waals surface area contributed by atoms with E-state index in [2.05, 4.69) is 585 Å². The lowest BCUT2D eigenvalue weighted by molar-refractivity contribution is 0.317. The van der Waals surface area contributed by atoms with Gasteiger partial charge in [0.05, 0.1) is 21.7 Å². The maximum Gasteiger partial charge on any atom is 0.0745 e. The molecule has 0 amide bonds. The van der Waals surface area contributed by atoms with E-state index in [4.69, 9.17) is 0 Å². The van der Waals surface area contributed by atoms with Crippen LogP contribution in [0.3, 0.4) is 0 Å². The fraction of sp³-hybridized carbons (Fsp3) is 0.143. The van der Waals surface area contributed by atoms with Crippen LogP contribution in [-0.4, -0.2) is 89.5 Å². The molecule has 8 nitrogen and oxygen atoms in total. The zero-order chi connectivity index (χ0) is 101. The summed E-state index contributed by atoms with van der Waals surface area (Å²) in [6.45, 7) is 3.50. The van der Waals surface area contributed by atoms with Gasteiger partial charge < -0.3 is 34.3 Å². The lowest BCUT2D eigenvalue weighted by Crippen LogP contribution is -2.29. The SMILES string of the molecule is CN(C)c1ccc(CN(C)c2cccc3c2C2(c4ccccc4-c4ccccc42)c2ccccc2-3)cc1.CN(C)c1ccc(N(C)Cc2ccc3c(c2)-c2ccccc2C32c3ccccc3-c3ccccc32)cc1.CN(C)c1ccc(N(C)c2ccc3c(c2)-c2ccccc2C32c3ccccc3-c3ccccc32)cc1.CN(Cc1ccc(N(C)C)cc1)Cc1cccc2c1C1(c3ccccc3-c3ccccc31)c1ccccc1-2. The van der Waals surface area contributed by atoms with Crippen LogP contribution in [0.25, 0.3) is 89.0 Å². The van der Waals surface area contributed by atoms with Crippen molar-refractivity contribution in [3.05, 3.63) is 572 Å². The molecule has 0 saturated heterocycles. The number of fused-ring (bicyclic) bond motifs is 40. The molecule has 4 spiro atoms. The highest BCUT2D eigenvalue weighted by molar-refractivity contribution is 6.02. The van der Waals surface area contributed by atoms with Crippen molar-refractivity contribution in [2.75, 3.05) is 119 Å². The van der Waals surface area contributed by atoms with E-state index in [1.165, 1.54) is 246 Å². The third kappa shape index (κ3) is 14.2. The van der Waals surface area contributed by atoms with Gasteiger partial charge >= 0.3 is 0 Å². The van der Waals surface area contributed by atoms with Crippen LogP contribution in [0.1, 0.15) is 111 Å². The molecule has 8 aliphatic rings. The molecule has 8 aliphatic carbocycles. The Labute approximate surface area is 872 Å². The molecule has 0 aromatic heterocycles. The molecule has 28 rings (SSSR count). The summed E-state index contributed by atoms with van der Waals surface area (Å²) in [7, 11) is 25.5. The molecule has 0 saturated carbocycles. The highest BCUT2D eigenvalue weighted by Gasteiger charge is 2.57. The van der Waals surface area contributed by atoms with Crippen molar-refractivity contribution in [3.63, 3.8) is 0 Å². The number of nitrogens with zero attached hydrogens (tertiary/aromatic N) is 8. The third-order valence-electron chi connectivity index (χ3n) is 33.1. The van der Waals surface area contributed by atoms with Gasteiger partial charge in [-0.3, -0.25) is 4.90 Å². The van der Waals surface area contributed by atoms with Crippen LogP contribution in [0.2, 0.25) is 0 Å². The summed E-state index contributed by atoms with van der Waals surface area (Å²) < 4.78 is 0. The first-order chi connectivity index (χ1) is 72.4. The number of hydrogen-bond donors (Lipinski definition) is 0. The molecule has 0 N–H and O–H groups in total. The van der Waals surface area contributed by atoms with E-state index in [1.807, 2.05) is 0 Å². The first-order valence-electron chi connectivity index (χ1n) is 52.0. The fourth-order valence-electron chi connectivity index (χ4n) is 26.7. The summed E-state index contributed by atoms with van der Waals surface area (Å²) in [5, 5.41) is 0. The van der Waals surface area contributed by atoms with Gasteiger partial charge in [0, 0.05) is 155 Å². The van der Waals surface area contributed by atoms with Gasteiger partial charge in [-0.1, -0.05) is 364 Å². The van der Waals surface area contributed by atoms with Gasteiger partial charge in [0.2, 0.25) is 0 Å². The Morgan fingerprint density at radius 2 is 0.392 bits per heavy atom. The highest BCUT2D eigenvalue weighted by atomic mass is 15.1. The van der Waals surface area contributed by atoms with Crippen LogP contribution in [0.4, 0.5) is 45.5 Å². The standard InChI is InChI=1S/C36H32N2.2C35H30N2.C34H28N2/c1-37(2)27-21-19-25(20-22-27)23-38(3)24-26-11-10-15-31-30-14-6-9-18-34(30)36(35(26)31)32-16-7-4-12-28(32)29-13-5-8-17-33(29)36;1-36(2)25-21-19-24(20-22-25)23-37(3)33-18-10-14-29-28-13-6-9-17-32(28)35(34(29)33)30-15-7-4-11-26(30)27-12-5-8-16-31(27)35;1-36(2)25-17-19-26(20-18-25)37(3)23-24-16-21-34-30(22-24)29-12-6-9-15-33(29)35(34)31-13-7-4-10-27(31)28-11-5-8-14-32(28)35;1-35(2)23-16-18-24(19-17-23)36(3)25-20-21-33-29(22-25)28-12-6-9-15-32(28)34(33)30-13-7-4-10-26(30)27-11-5-8-14-31(27)34/h4-22H,23-24H2,1-3H3;2*4-22H,23H2,1-3H3;4-22H,1-3H3. The lowest BCUT2D eigenvalue weighted by atomic mass is 9.69. The zero-order valence-corrected chi connectivity index (χ0v) is 86.3. The zero-order valence-electron chi connectivity index (χ0n) is 86.3. The lowest BCUT2D eigenvalue weighted by Gasteiger charge is -2.34. The minimum Gasteiger partial charge on any atom is -0.378 e. The number of benzene rings is 20. The predicted molar refractivity (Wildman–Crippen MR) is 621 cm³/mol. The summed E-state index contributed by atoms with van der Waals surface area (Å²) in [6.07, 6.45) is 0. The van der Waals surface area contributed by atoms with E-state index in [9.17, 15) is 0 Å². The molecule has 0 aliphatic heterocycles. The van der Waals surface area contributed by atoms with Crippen LogP contribution in [0.5, 0.6) is 0 Å². The Bertz CT molecular complexity index is 8360. The van der Waals surface area contributed by atoms with Crippen molar-refractivity contribution in [1.82, 2.24) is 4.90 Å². The van der Waals surface area contributed by atoms with Gasteiger partial charge in [-0.05, 0) is 299 Å². The molecule has 0 atom stereocenters. The van der Waals surface area contributed by atoms with Gasteiger partial charge in [-0.25, -0.2) is 0 Å². The van der Waals surface area contributed by atoms with Gasteiger partial charge in [-0.15, -0.1) is 0 Å². The van der Waals surface area contributed by atoms with Crippen molar-refractivity contribution < 1.29 is 0 Å². The van der Waals surface area contributed by atoms with E-state index in [-0.39, 0.29) is 21.7 Å². The average Bonchev–Trinajstić information content (AvgIpc) is 1.52. The summed E-state index contributed by atoms with van der Waals surface area (Å²) in [5.41, 5.74) is 57.9. The second kappa shape index (κ2) is 36.6. The Morgan fingerprint density at radius 1 is 0.155 bits per heavy atom. The normalized spacial score (nSPS) is 13.7. The monoisotopic (exact) mass is 1910 g/mol. The molecular formula is C140H120N8. The highest BCUT2D eigenvalue weighted by Crippen LogP contribution is 2.69.